The third-order valence-corrected chi connectivity index (χ3v) is 3.94. The lowest BCUT2D eigenvalue weighted by molar-refractivity contribution is 0.0865. The summed E-state index contributed by atoms with van der Waals surface area (Å²) in [5.74, 6) is 0. The number of likely N-dealkylation sites (N-methyl/N-ethyl adjacent to an activating group) is 1. The second-order valence-electron chi connectivity index (χ2n) is 5.30. The van der Waals surface area contributed by atoms with E-state index in [1.54, 1.807) is 0 Å². The molecule has 2 aliphatic rings. The summed E-state index contributed by atoms with van der Waals surface area (Å²) in [5, 5.41) is 3.56. The Bertz CT molecular complexity index is 224. The van der Waals surface area contributed by atoms with Crippen LogP contribution in [0.4, 0.5) is 0 Å². The lowest BCUT2D eigenvalue weighted by Crippen LogP contribution is -2.53. The Morgan fingerprint density at radius 2 is 2.19 bits per heavy atom. The normalized spacial score (nSPS) is 38.1. The quantitative estimate of drug-likeness (QED) is 0.734. The van der Waals surface area contributed by atoms with E-state index in [1.807, 2.05) is 7.11 Å². The Morgan fingerprint density at radius 3 is 2.81 bits per heavy atom. The molecule has 0 aromatic heterocycles. The van der Waals surface area contributed by atoms with Gasteiger partial charge in [-0.15, -0.1) is 0 Å². The van der Waals surface area contributed by atoms with Gasteiger partial charge in [0.15, 0.2) is 0 Å². The van der Waals surface area contributed by atoms with Crippen molar-refractivity contribution in [2.75, 3.05) is 46.9 Å². The first kappa shape index (κ1) is 12.3. The SMILES string of the molecule is COC1CNC(CN2CCN(C)CC2C)C1. The number of methoxy groups -OCH3 is 1. The highest BCUT2D eigenvalue weighted by Gasteiger charge is 2.28. The van der Waals surface area contributed by atoms with Crippen molar-refractivity contribution in [2.24, 2.45) is 0 Å². The van der Waals surface area contributed by atoms with Gasteiger partial charge in [-0.2, -0.15) is 0 Å². The van der Waals surface area contributed by atoms with Gasteiger partial charge in [-0.1, -0.05) is 0 Å². The van der Waals surface area contributed by atoms with E-state index in [0.29, 0.717) is 18.2 Å². The minimum Gasteiger partial charge on any atom is -0.380 e. The maximum atomic E-state index is 5.39. The average Bonchev–Trinajstić information content (AvgIpc) is 2.70. The summed E-state index contributed by atoms with van der Waals surface area (Å²) in [5.41, 5.74) is 0. The lowest BCUT2D eigenvalue weighted by Gasteiger charge is -2.39. The summed E-state index contributed by atoms with van der Waals surface area (Å²) in [6.45, 7) is 8.12. The number of nitrogens with one attached hydrogen (secondary N) is 1. The molecule has 0 radical (unpaired) electrons. The van der Waals surface area contributed by atoms with E-state index in [9.17, 15) is 0 Å². The van der Waals surface area contributed by atoms with Crippen LogP contribution in [0, 0.1) is 0 Å². The first-order chi connectivity index (χ1) is 7.69. The Morgan fingerprint density at radius 1 is 1.38 bits per heavy atom. The fourth-order valence-electron chi connectivity index (χ4n) is 2.83. The van der Waals surface area contributed by atoms with Gasteiger partial charge in [-0.3, -0.25) is 4.90 Å². The molecule has 3 unspecified atom stereocenters. The van der Waals surface area contributed by atoms with Crippen molar-refractivity contribution in [1.29, 1.82) is 0 Å². The summed E-state index contributed by atoms with van der Waals surface area (Å²) in [6.07, 6.45) is 1.59. The molecule has 2 heterocycles. The molecule has 4 nitrogen and oxygen atoms in total. The number of hydrogen-bond acceptors (Lipinski definition) is 4. The van der Waals surface area contributed by atoms with Gasteiger partial charge in [-0.05, 0) is 20.4 Å². The molecule has 0 amide bonds. The molecule has 0 bridgehead atoms. The molecule has 16 heavy (non-hydrogen) atoms. The van der Waals surface area contributed by atoms with E-state index >= 15 is 0 Å². The highest BCUT2D eigenvalue weighted by Crippen LogP contribution is 2.14. The highest BCUT2D eigenvalue weighted by atomic mass is 16.5. The number of nitrogens with zero attached hydrogens (tertiary/aromatic N) is 2. The maximum Gasteiger partial charge on any atom is 0.0711 e. The molecule has 2 aliphatic heterocycles. The first-order valence-electron chi connectivity index (χ1n) is 6.38. The Balaban J connectivity index is 1.77. The van der Waals surface area contributed by atoms with Crippen molar-refractivity contribution in [2.45, 2.75) is 31.5 Å². The zero-order valence-electron chi connectivity index (χ0n) is 10.8. The summed E-state index contributed by atoms with van der Waals surface area (Å²) >= 11 is 0. The molecular formula is C12H25N3O. The smallest absolute Gasteiger partial charge is 0.0711 e. The third kappa shape index (κ3) is 2.94. The average molecular weight is 227 g/mol. The molecule has 1 N–H and O–H groups in total. The predicted octanol–water partition coefficient (Wildman–Crippen LogP) is -0.000800. The van der Waals surface area contributed by atoms with Crippen LogP contribution in [0.25, 0.3) is 0 Å². The molecule has 0 aromatic rings. The monoisotopic (exact) mass is 227 g/mol. The van der Waals surface area contributed by atoms with E-state index in [4.69, 9.17) is 4.74 Å². The summed E-state index contributed by atoms with van der Waals surface area (Å²) in [7, 11) is 4.02. The van der Waals surface area contributed by atoms with Gasteiger partial charge in [0, 0.05) is 51.9 Å². The van der Waals surface area contributed by atoms with E-state index < -0.39 is 0 Å². The van der Waals surface area contributed by atoms with Gasteiger partial charge in [0.05, 0.1) is 6.10 Å². The lowest BCUT2D eigenvalue weighted by atomic mass is 10.1. The molecule has 0 aromatic carbocycles. The summed E-state index contributed by atoms with van der Waals surface area (Å²) < 4.78 is 5.39. The van der Waals surface area contributed by atoms with Gasteiger partial charge in [-0.25, -0.2) is 0 Å². The molecule has 2 fully saturated rings. The second-order valence-corrected chi connectivity index (χ2v) is 5.30. The highest BCUT2D eigenvalue weighted by molar-refractivity contribution is 4.87. The van der Waals surface area contributed by atoms with Crippen molar-refractivity contribution in [1.82, 2.24) is 15.1 Å². The van der Waals surface area contributed by atoms with Gasteiger partial charge in [0.1, 0.15) is 0 Å². The number of hydrogen-bond donors (Lipinski definition) is 1. The van der Waals surface area contributed by atoms with E-state index in [0.717, 1.165) is 13.0 Å². The van der Waals surface area contributed by atoms with Gasteiger partial charge >= 0.3 is 0 Å². The Kier molecular flexibility index (Phi) is 4.19. The van der Waals surface area contributed by atoms with Crippen LogP contribution in [0.5, 0.6) is 0 Å². The maximum absolute atomic E-state index is 5.39. The minimum atomic E-state index is 0.424. The zero-order chi connectivity index (χ0) is 11.5. The van der Waals surface area contributed by atoms with E-state index in [-0.39, 0.29) is 0 Å². The Labute approximate surface area is 98.9 Å². The standard InChI is InChI=1S/C12H25N3O/c1-10-8-14(2)4-5-15(10)9-11-6-12(16-3)7-13-11/h10-13H,4-9H2,1-3H3. The third-order valence-electron chi connectivity index (χ3n) is 3.94. The van der Waals surface area contributed by atoms with Crippen molar-refractivity contribution in [3.8, 4) is 0 Å². The molecule has 94 valence electrons. The van der Waals surface area contributed by atoms with Crippen molar-refractivity contribution < 1.29 is 4.74 Å². The number of rotatable bonds is 3. The number of piperazine rings is 1. The second kappa shape index (κ2) is 5.45. The van der Waals surface area contributed by atoms with Crippen LogP contribution in [0.15, 0.2) is 0 Å². The molecule has 0 aliphatic carbocycles. The van der Waals surface area contributed by atoms with Gasteiger partial charge in [0.25, 0.3) is 0 Å². The molecule has 0 saturated carbocycles. The molecule has 4 heteroatoms. The predicted molar refractivity (Wildman–Crippen MR) is 65.7 cm³/mol. The first-order valence-corrected chi connectivity index (χ1v) is 6.38. The molecular weight excluding hydrogens is 202 g/mol. The largest absolute Gasteiger partial charge is 0.380 e. The van der Waals surface area contributed by atoms with Gasteiger partial charge < -0.3 is 15.0 Å². The Hall–Kier alpha value is -0.160. The minimum absolute atomic E-state index is 0.424. The molecule has 0 spiro atoms. The molecule has 3 atom stereocenters. The van der Waals surface area contributed by atoms with E-state index in [2.05, 4.69) is 29.1 Å². The van der Waals surface area contributed by atoms with Gasteiger partial charge in [0.2, 0.25) is 0 Å². The van der Waals surface area contributed by atoms with Crippen LogP contribution < -0.4 is 5.32 Å². The zero-order valence-corrected chi connectivity index (χ0v) is 10.8. The fraction of sp³-hybridized carbons (Fsp3) is 1.00. The van der Waals surface area contributed by atoms with Crippen molar-refractivity contribution in [3.63, 3.8) is 0 Å². The number of ether oxygens (including phenoxy) is 1. The van der Waals surface area contributed by atoms with E-state index in [1.165, 1.54) is 26.2 Å². The van der Waals surface area contributed by atoms with Crippen LogP contribution in [-0.4, -0.2) is 74.9 Å². The molecule has 2 saturated heterocycles. The van der Waals surface area contributed by atoms with Crippen LogP contribution in [0.3, 0.4) is 0 Å². The van der Waals surface area contributed by atoms with Crippen LogP contribution >= 0.6 is 0 Å². The summed E-state index contributed by atoms with van der Waals surface area (Å²) in [4.78, 5) is 5.02. The van der Waals surface area contributed by atoms with Crippen molar-refractivity contribution >= 4 is 0 Å². The molecule has 2 rings (SSSR count). The van der Waals surface area contributed by atoms with Crippen LogP contribution in [-0.2, 0) is 4.74 Å². The summed E-state index contributed by atoms with van der Waals surface area (Å²) in [6, 6.07) is 1.30. The van der Waals surface area contributed by atoms with Crippen LogP contribution in [0.1, 0.15) is 13.3 Å². The topological polar surface area (TPSA) is 27.7 Å². The van der Waals surface area contributed by atoms with Crippen molar-refractivity contribution in [3.05, 3.63) is 0 Å². The van der Waals surface area contributed by atoms with Crippen LogP contribution in [0.2, 0.25) is 0 Å². The fourth-order valence-corrected chi connectivity index (χ4v) is 2.83.